The van der Waals surface area contributed by atoms with Gasteiger partial charge in [-0.25, -0.2) is 9.97 Å². The number of aromatic amines is 1. The van der Waals surface area contributed by atoms with E-state index in [1.807, 2.05) is 13.1 Å². The first-order chi connectivity index (χ1) is 6.29. The maximum absolute atomic E-state index is 4.36. The van der Waals surface area contributed by atoms with E-state index in [2.05, 4.69) is 27.3 Å². The van der Waals surface area contributed by atoms with Crippen LogP contribution >= 0.6 is 11.8 Å². The molecule has 3 nitrogen and oxygen atoms in total. The van der Waals surface area contributed by atoms with Crippen LogP contribution in [0.3, 0.4) is 0 Å². The molecule has 0 radical (unpaired) electrons. The topological polar surface area (TPSA) is 41.6 Å². The fourth-order valence-corrected chi connectivity index (χ4v) is 1.67. The fourth-order valence-electron chi connectivity index (χ4n) is 1.26. The highest BCUT2D eigenvalue weighted by molar-refractivity contribution is 7.97. The minimum absolute atomic E-state index is 0.814. The Hall–Kier alpha value is -1.03. The second-order valence-corrected chi connectivity index (χ2v) is 3.87. The Morgan fingerprint density at radius 3 is 3.15 bits per heavy atom. The van der Waals surface area contributed by atoms with Crippen LogP contribution in [0.2, 0.25) is 0 Å². The molecule has 0 aromatic carbocycles. The standard InChI is InChI=1S/C9H11N3S/c1-6-3-7-9(10-4-6)12-8(11-7)5-13-2/h3-4H,5H2,1-2H3,(H,10,11,12). The van der Waals surface area contributed by atoms with Crippen LogP contribution in [0.15, 0.2) is 12.3 Å². The number of fused-ring (bicyclic) bond motifs is 1. The zero-order valence-corrected chi connectivity index (χ0v) is 8.48. The van der Waals surface area contributed by atoms with Gasteiger partial charge in [0.25, 0.3) is 0 Å². The average Bonchev–Trinajstić information content (AvgIpc) is 2.46. The number of hydrogen-bond donors (Lipinski definition) is 1. The number of nitrogens with one attached hydrogen (secondary N) is 1. The number of aromatic nitrogens is 3. The highest BCUT2D eigenvalue weighted by Gasteiger charge is 2.02. The van der Waals surface area contributed by atoms with Crippen LogP contribution in [0.4, 0.5) is 0 Å². The van der Waals surface area contributed by atoms with Crippen LogP contribution < -0.4 is 0 Å². The molecule has 13 heavy (non-hydrogen) atoms. The number of aryl methyl sites for hydroxylation is 1. The molecule has 2 aromatic rings. The van der Waals surface area contributed by atoms with E-state index >= 15 is 0 Å². The minimum atomic E-state index is 0.814. The molecule has 0 aliphatic carbocycles. The predicted molar refractivity (Wildman–Crippen MR) is 55.8 cm³/mol. The average molecular weight is 193 g/mol. The summed E-state index contributed by atoms with van der Waals surface area (Å²) in [6.07, 6.45) is 3.90. The van der Waals surface area contributed by atoms with Crippen molar-refractivity contribution in [3.05, 3.63) is 23.7 Å². The molecule has 68 valence electrons. The van der Waals surface area contributed by atoms with Gasteiger partial charge >= 0.3 is 0 Å². The first kappa shape index (κ1) is 8.56. The molecule has 0 aliphatic heterocycles. The zero-order valence-electron chi connectivity index (χ0n) is 7.66. The van der Waals surface area contributed by atoms with Gasteiger partial charge in [0.2, 0.25) is 0 Å². The van der Waals surface area contributed by atoms with Crippen molar-refractivity contribution in [2.45, 2.75) is 12.7 Å². The summed E-state index contributed by atoms with van der Waals surface area (Å²) in [5.41, 5.74) is 3.01. The van der Waals surface area contributed by atoms with Gasteiger partial charge in [-0.3, -0.25) is 0 Å². The molecule has 0 saturated heterocycles. The van der Waals surface area contributed by atoms with Gasteiger partial charge in [-0.05, 0) is 24.8 Å². The van der Waals surface area contributed by atoms with Gasteiger partial charge in [-0.15, -0.1) is 0 Å². The van der Waals surface area contributed by atoms with Gasteiger partial charge in [0, 0.05) is 6.20 Å². The number of H-pyrrole nitrogens is 1. The lowest BCUT2D eigenvalue weighted by atomic mass is 10.3. The SMILES string of the molecule is CSCc1nc2ncc(C)cc2[nH]1. The lowest BCUT2D eigenvalue weighted by Gasteiger charge is -1.88. The lowest BCUT2D eigenvalue weighted by molar-refractivity contribution is 1.13. The first-order valence-electron chi connectivity index (χ1n) is 4.10. The Balaban J connectivity index is 2.49. The predicted octanol–water partition coefficient (Wildman–Crippen LogP) is 2.13. The number of rotatable bonds is 2. The summed E-state index contributed by atoms with van der Waals surface area (Å²) in [6.45, 7) is 2.03. The van der Waals surface area contributed by atoms with Gasteiger partial charge in [-0.1, -0.05) is 0 Å². The smallest absolute Gasteiger partial charge is 0.177 e. The maximum atomic E-state index is 4.36. The zero-order chi connectivity index (χ0) is 9.26. The Bertz CT molecular complexity index is 422. The molecular formula is C9H11N3S. The quantitative estimate of drug-likeness (QED) is 0.794. The van der Waals surface area contributed by atoms with E-state index in [0.29, 0.717) is 0 Å². The summed E-state index contributed by atoms with van der Waals surface area (Å²) in [6, 6.07) is 2.07. The monoisotopic (exact) mass is 193 g/mol. The van der Waals surface area contributed by atoms with Crippen LogP contribution in [0.5, 0.6) is 0 Å². The van der Waals surface area contributed by atoms with E-state index in [9.17, 15) is 0 Å². The molecule has 4 heteroatoms. The summed E-state index contributed by atoms with van der Waals surface area (Å²) in [5.74, 6) is 1.91. The van der Waals surface area contributed by atoms with Gasteiger partial charge in [0.15, 0.2) is 5.65 Å². The molecule has 2 heterocycles. The molecule has 2 rings (SSSR count). The fraction of sp³-hybridized carbons (Fsp3) is 0.333. The number of nitrogens with zero attached hydrogens (tertiary/aromatic N) is 2. The van der Waals surface area contributed by atoms with Crippen LogP contribution in [0.25, 0.3) is 11.2 Å². The summed E-state index contributed by atoms with van der Waals surface area (Å²) in [7, 11) is 0. The van der Waals surface area contributed by atoms with Crippen molar-refractivity contribution >= 4 is 22.9 Å². The third-order valence-electron chi connectivity index (χ3n) is 1.80. The van der Waals surface area contributed by atoms with Gasteiger partial charge < -0.3 is 4.98 Å². The molecule has 0 saturated carbocycles. The van der Waals surface area contributed by atoms with E-state index in [1.54, 1.807) is 11.8 Å². The third kappa shape index (κ3) is 1.67. The van der Waals surface area contributed by atoms with Gasteiger partial charge in [0.05, 0.1) is 11.3 Å². The van der Waals surface area contributed by atoms with E-state index < -0.39 is 0 Å². The van der Waals surface area contributed by atoms with E-state index in [1.165, 1.54) is 0 Å². The summed E-state index contributed by atoms with van der Waals surface area (Å²) >= 11 is 1.75. The molecule has 1 N–H and O–H groups in total. The van der Waals surface area contributed by atoms with E-state index in [0.717, 1.165) is 28.3 Å². The van der Waals surface area contributed by atoms with Crippen molar-refractivity contribution in [1.82, 2.24) is 15.0 Å². The normalized spacial score (nSPS) is 10.9. The number of pyridine rings is 1. The summed E-state index contributed by atoms with van der Waals surface area (Å²) in [4.78, 5) is 11.8. The number of hydrogen-bond acceptors (Lipinski definition) is 3. The molecular weight excluding hydrogens is 182 g/mol. The summed E-state index contributed by atoms with van der Waals surface area (Å²) < 4.78 is 0. The molecule has 0 fully saturated rings. The van der Waals surface area contributed by atoms with Gasteiger partial charge in [0.1, 0.15) is 5.82 Å². The minimum Gasteiger partial charge on any atom is -0.340 e. The third-order valence-corrected chi connectivity index (χ3v) is 2.37. The van der Waals surface area contributed by atoms with Crippen molar-refractivity contribution in [1.29, 1.82) is 0 Å². The van der Waals surface area contributed by atoms with Crippen LogP contribution in [-0.2, 0) is 5.75 Å². The van der Waals surface area contributed by atoms with E-state index in [4.69, 9.17) is 0 Å². The van der Waals surface area contributed by atoms with Gasteiger partial charge in [-0.2, -0.15) is 11.8 Å². The largest absolute Gasteiger partial charge is 0.340 e. The Labute approximate surface area is 81.0 Å². The Kier molecular flexibility index (Phi) is 2.22. The highest BCUT2D eigenvalue weighted by Crippen LogP contribution is 2.12. The Morgan fingerprint density at radius 1 is 1.54 bits per heavy atom. The molecule has 0 aliphatic rings. The van der Waals surface area contributed by atoms with Crippen LogP contribution in [0, 0.1) is 6.92 Å². The Morgan fingerprint density at radius 2 is 2.38 bits per heavy atom. The highest BCUT2D eigenvalue weighted by atomic mass is 32.2. The van der Waals surface area contributed by atoms with Crippen molar-refractivity contribution in [3.8, 4) is 0 Å². The van der Waals surface area contributed by atoms with Crippen molar-refractivity contribution in [2.24, 2.45) is 0 Å². The lowest BCUT2D eigenvalue weighted by Crippen LogP contribution is -1.80. The van der Waals surface area contributed by atoms with Crippen molar-refractivity contribution < 1.29 is 0 Å². The molecule has 0 bridgehead atoms. The summed E-state index contributed by atoms with van der Waals surface area (Å²) in [5, 5.41) is 0. The molecule has 0 spiro atoms. The second-order valence-electron chi connectivity index (χ2n) is 3.00. The van der Waals surface area contributed by atoms with Crippen molar-refractivity contribution in [3.63, 3.8) is 0 Å². The van der Waals surface area contributed by atoms with E-state index in [-0.39, 0.29) is 0 Å². The molecule has 2 aromatic heterocycles. The van der Waals surface area contributed by atoms with Crippen LogP contribution in [-0.4, -0.2) is 21.2 Å². The number of imidazole rings is 1. The number of thioether (sulfide) groups is 1. The molecule has 0 atom stereocenters. The molecule has 0 unspecified atom stereocenters. The van der Waals surface area contributed by atoms with Crippen molar-refractivity contribution in [2.75, 3.05) is 6.26 Å². The molecule has 0 amide bonds. The second kappa shape index (κ2) is 3.38. The maximum Gasteiger partial charge on any atom is 0.177 e. The first-order valence-corrected chi connectivity index (χ1v) is 5.49. The van der Waals surface area contributed by atoms with Crippen LogP contribution in [0.1, 0.15) is 11.4 Å².